The summed E-state index contributed by atoms with van der Waals surface area (Å²) in [5, 5.41) is 11.7. The topological polar surface area (TPSA) is 70.0 Å². The fourth-order valence-corrected chi connectivity index (χ4v) is 2.72. The molecular weight excluding hydrogens is 240 g/mol. The molecule has 0 radical (unpaired) electrons. The number of amides is 1. The Morgan fingerprint density at radius 3 is 2.11 bits per heavy atom. The summed E-state index contributed by atoms with van der Waals surface area (Å²) in [7, 11) is 0. The van der Waals surface area contributed by atoms with Crippen LogP contribution in [0.3, 0.4) is 0 Å². The van der Waals surface area contributed by atoms with Crippen LogP contribution >= 0.6 is 0 Å². The Bertz CT molecular complexity index is 382. The molecule has 1 fully saturated rings. The molecule has 106 valence electrons. The zero-order valence-electron chi connectivity index (χ0n) is 12.3. The van der Waals surface area contributed by atoms with E-state index in [1.165, 1.54) is 6.92 Å². The average molecular weight is 264 g/mol. The van der Waals surface area contributed by atoms with Gasteiger partial charge in [-0.15, -0.1) is 0 Å². The molecule has 1 aliphatic rings. The highest BCUT2D eigenvalue weighted by molar-refractivity contribution is 6.02. The molecule has 0 aliphatic heterocycles. The van der Waals surface area contributed by atoms with E-state index in [1.807, 2.05) is 0 Å². The van der Waals surface area contributed by atoms with Gasteiger partial charge in [0, 0.05) is 6.04 Å². The molecule has 19 heavy (non-hydrogen) atoms. The minimum absolute atomic E-state index is 0.112. The van der Waals surface area contributed by atoms with Gasteiger partial charge in [-0.1, -0.05) is 20.8 Å². The molecule has 0 bridgehead atoms. The van der Waals surface area contributed by atoms with Gasteiger partial charge in [0.1, 0.15) is 0 Å². The van der Waals surface area contributed by atoms with Gasteiger partial charge in [0.25, 0.3) is 0 Å². The largest absolute Gasteiger partial charge is 0.352 e. The molecule has 1 atom stereocenters. The second-order valence-electron chi connectivity index (χ2n) is 6.60. The van der Waals surface area contributed by atoms with Crippen molar-refractivity contribution in [2.45, 2.75) is 59.4 Å². The first kappa shape index (κ1) is 15.7. The van der Waals surface area contributed by atoms with E-state index in [-0.39, 0.29) is 11.8 Å². The Hall–Kier alpha value is -1.37. The summed E-state index contributed by atoms with van der Waals surface area (Å²) >= 11 is 0. The summed E-state index contributed by atoms with van der Waals surface area (Å²) in [6.45, 7) is 8.03. The van der Waals surface area contributed by atoms with Crippen molar-refractivity contribution in [3.63, 3.8) is 0 Å². The van der Waals surface area contributed by atoms with Gasteiger partial charge < -0.3 is 5.32 Å². The van der Waals surface area contributed by atoms with Gasteiger partial charge in [-0.05, 0) is 43.9 Å². The van der Waals surface area contributed by atoms with Gasteiger partial charge >= 0.3 is 0 Å². The van der Waals surface area contributed by atoms with Crippen molar-refractivity contribution >= 4 is 11.7 Å². The number of nitrogens with one attached hydrogen (secondary N) is 1. The van der Waals surface area contributed by atoms with E-state index in [4.69, 9.17) is 5.26 Å². The molecular formula is C15H24N2O2. The summed E-state index contributed by atoms with van der Waals surface area (Å²) in [4.78, 5) is 23.0. The van der Waals surface area contributed by atoms with Crippen LogP contribution in [0.2, 0.25) is 0 Å². The van der Waals surface area contributed by atoms with E-state index in [1.54, 1.807) is 6.07 Å². The number of carbonyl (C=O) groups excluding carboxylic acids is 2. The van der Waals surface area contributed by atoms with E-state index < -0.39 is 11.8 Å². The number of hydrogen-bond acceptors (Lipinski definition) is 3. The minimum atomic E-state index is -1.15. The summed E-state index contributed by atoms with van der Waals surface area (Å²) in [6, 6.07) is 1.87. The van der Waals surface area contributed by atoms with Gasteiger partial charge in [0.2, 0.25) is 5.91 Å². The molecule has 1 N–H and O–H groups in total. The number of Topliss-reactive ketones (excluding diaryl/α,β-unsaturated/α-hetero) is 1. The highest BCUT2D eigenvalue weighted by atomic mass is 16.2. The van der Waals surface area contributed by atoms with E-state index in [2.05, 4.69) is 26.1 Å². The first-order valence-electron chi connectivity index (χ1n) is 6.96. The van der Waals surface area contributed by atoms with Crippen molar-refractivity contribution in [1.82, 2.24) is 5.32 Å². The third-order valence-corrected chi connectivity index (χ3v) is 4.10. The smallest absolute Gasteiger partial charge is 0.245 e. The Balaban J connectivity index is 2.48. The fourth-order valence-electron chi connectivity index (χ4n) is 2.72. The van der Waals surface area contributed by atoms with Gasteiger partial charge in [0.05, 0.1) is 6.07 Å². The van der Waals surface area contributed by atoms with Crippen molar-refractivity contribution in [2.24, 2.45) is 17.3 Å². The third-order valence-electron chi connectivity index (χ3n) is 4.10. The molecule has 1 rings (SSSR count). The number of rotatable bonds is 3. The van der Waals surface area contributed by atoms with Gasteiger partial charge in [0.15, 0.2) is 11.7 Å². The highest BCUT2D eigenvalue weighted by Crippen LogP contribution is 2.37. The predicted molar refractivity (Wildman–Crippen MR) is 73.1 cm³/mol. The molecule has 1 unspecified atom stereocenters. The summed E-state index contributed by atoms with van der Waals surface area (Å²) < 4.78 is 0. The highest BCUT2D eigenvalue weighted by Gasteiger charge is 2.31. The normalized spacial score (nSPS) is 25.2. The van der Waals surface area contributed by atoms with Crippen molar-refractivity contribution < 1.29 is 9.59 Å². The minimum Gasteiger partial charge on any atom is -0.352 e. The monoisotopic (exact) mass is 264 g/mol. The van der Waals surface area contributed by atoms with Crippen molar-refractivity contribution in [1.29, 1.82) is 5.26 Å². The SMILES string of the molecule is CC(=O)C(C#N)C(=O)NC1CCC(C(C)(C)C)CC1. The van der Waals surface area contributed by atoms with Crippen LogP contribution in [0.1, 0.15) is 53.4 Å². The lowest BCUT2D eigenvalue weighted by Gasteiger charge is -2.37. The van der Waals surface area contributed by atoms with Crippen LogP contribution in [0.4, 0.5) is 0 Å². The van der Waals surface area contributed by atoms with E-state index in [0.717, 1.165) is 25.7 Å². The molecule has 0 heterocycles. The third kappa shape index (κ3) is 4.34. The average Bonchev–Trinajstić information content (AvgIpc) is 2.28. The number of ketones is 1. The van der Waals surface area contributed by atoms with Gasteiger partial charge in [-0.2, -0.15) is 5.26 Å². The van der Waals surface area contributed by atoms with E-state index >= 15 is 0 Å². The molecule has 4 heteroatoms. The maximum absolute atomic E-state index is 11.8. The van der Waals surface area contributed by atoms with Crippen LogP contribution in [0.15, 0.2) is 0 Å². The number of nitriles is 1. The van der Waals surface area contributed by atoms with Crippen LogP contribution in [0, 0.1) is 28.6 Å². The van der Waals surface area contributed by atoms with Crippen molar-refractivity contribution in [3.05, 3.63) is 0 Å². The van der Waals surface area contributed by atoms with E-state index in [0.29, 0.717) is 11.3 Å². The molecule has 0 aromatic heterocycles. The van der Waals surface area contributed by atoms with Gasteiger partial charge in [-0.3, -0.25) is 9.59 Å². The predicted octanol–water partition coefficient (Wildman–Crippen LogP) is 2.44. The molecule has 0 aromatic rings. The zero-order chi connectivity index (χ0) is 14.6. The molecule has 0 saturated heterocycles. The Labute approximate surface area is 115 Å². The fraction of sp³-hybridized carbons (Fsp3) is 0.800. The molecule has 0 aromatic carbocycles. The quantitative estimate of drug-likeness (QED) is 0.796. The molecule has 1 aliphatic carbocycles. The zero-order valence-corrected chi connectivity index (χ0v) is 12.3. The molecule has 1 amide bonds. The molecule has 0 spiro atoms. The standard InChI is InChI=1S/C15H24N2O2/c1-10(18)13(9-16)14(19)17-12-7-5-11(6-8-12)15(2,3)4/h11-13H,5-8H2,1-4H3,(H,17,19). The van der Waals surface area contributed by atoms with E-state index in [9.17, 15) is 9.59 Å². The maximum Gasteiger partial charge on any atom is 0.245 e. The van der Waals surface area contributed by atoms with Crippen LogP contribution < -0.4 is 5.32 Å². The lowest BCUT2D eigenvalue weighted by molar-refractivity contribution is -0.131. The number of nitrogens with zero attached hydrogens (tertiary/aromatic N) is 1. The Morgan fingerprint density at radius 1 is 1.21 bits per heavy atom. The van der Waals surface area contributed by atoms with Crippen molar-refractivity contribution in [3.8, 4) is 6.07 Å². The second-order valence-corrected chi connectivity index (χ2v) is 6.60. The Kier molecular flexibility index (Phi) is 5.11. The number of carbonyl (C=O) groups is 2. The molecule has 4 nitrogen and oxygen atoms in total. The second kappa shape index (κ2) is 6.18. The van der Waals surface area contributed by atoms with Crippen molar-refractivity contribution in [2.75, 3.05) is 0 Å². The maximum atomic E-state index is 11.8. The van der Waals surface area contributed by atoms with Crippen LogP contribution in [0.5, 0.6) is 0 Å². The summed E-state index contributed by atoms with van der Waals surface area (Å²) in [5.74, 6) is -1.29. The summed E-state index contributed by atoms with van der Waals surface area (Å²) in [6.07, 6.45) is 4.05. The summed E-state index contributed by atoms with van der Waals surface area (Å²) in [5.41, 5.74) is 0.309. The van der Waals surface area contributed by atoms with Gasteiger partial charge in [-0.25, -0.2) is 0 Å². The number of hydrogen-bond donors (Lipinski definition) is 1. The lowest BCUT2D eigenvalue weighted by Crippen LogP contribution is -2.43. The Morgan fingerprint density at radius 2 is 1.74 bits per heavy atom. The first-order valence-corrected chi connectivity index (χ1v) is 6.96. The van der Waals surface area contributed by atoms with Crippen LogP contribution in [0.25, 0.3) is 0 Å². The lowest BCUT2D eigenvalue weighted by atomic mass is 9.71. The first-order chi connectivity index (χ1) is 8.75. The van der Waals surface area contributed by atoms with Crippen LogP contribution in [-0.4, -0.2) is 17.7 Å². The molecule has 1 saturated carbocycles. The van der Waals surface area contributed by atoms with Crippen LogP contribution in [-0.2, 0) is 9.59 Å².